The first-order valence-electron chi connectivity index (χ1n) is 14.3. The molecule has 1 saturated carbocycles. The molecule has 0 bridgehead atoms. The lowest BCUT2D eigenvalue weighted by Gasteiger charge is -2.45. The van der Waals surface area contributed by atoms with Gasteiger partial charge < -0.3 is 13.4 Å². The molecule has 1 aliphatic carbocycles. The summed E-state index contributed by atoms with van der Waals surface area (Å²) in [5.74, 6) is 0. The van der Waals surface area contributed by atoms with Crippen LogP contribution in [0.5, 0.6) is 0 Å². The highest BCUT2D eigenvalue weighted by Gasteiger charge is 2.44. The average Bonchev–Trinajstić information content (AvgIpc) is 2.84. The van der Waals surface area contributed by atoms with Crippen LogP contribution in [0.25, 0.3) is 0 Å². The predicted octanol–water partition coefficient (Wildman–Crippen LogP) is 9.06. The van der Waals surface area contributed by atoms with Crippen LogP contribution >= 0.6 is 7.14 Å². The Morgan fingerprint density at radius 1 is 0.821 bits per heavy atom. The molecule has 2 atom stereocenters. The summed E-state index contributed by atoms with van der Waals surface area (Å²) in [6, 6.07) is 19.8. The van der Waals surface area contributed by atoms with Crippen LogP contribution in [0, 0.1) is 0 Å². The van der Waals surface area contributed by atoms with E-state index in [0.29, 0.717) is 6.16 Å². The topological polar surface area (TPSA) is 35.5 Å². The van der Waals surface area contributed by atoms with Gasteiger partial charge in [0, 0.05) is 23.2 Å². The van der Waals surface area contributed by atoms with Gasteiger partial charge in [-0.1, -0.05) is 115 Å². The molecule has 1 fully saturated rings. The average molecular weight is 583 g/mol. The van der Waals surface area contributed by atoms with E-state index < -0.39 is 23.8 Å². The van der Waals surface area contributed by atoms with E-state index in [9.17, 15) is 4.57 Å². The maximum atomic E-state index is 14.7. The van der Waals surface area contributed by atoms with Gasteiger partial charge in [-0.25, -0.2) is 0 Å². The van der Waals surface area contributed by atoms with Crippen molar-refractivity contribution in [2.24, 2.45) is 0 Å². The molecule has 0 radical (unpaired) electrons. The Hall–Kier alpha value is -1.50. The van der Waals surface area contributed by atoms with Gasteiger partial charge in [-0.15, -0.1) is 0 Å². The van der Waals surface area contributed by atoms with Crippen molar-refractivity contribution in [1.29, 1.82) is 0 Å². The summed E-state index contributed by atoms with van der Waals surface area (Å²) in [5, 5.41) is 1.99. The summed E-state index contributed by atoms with van der Waals surface area (Å²) in [4.78, 5) is 0. The van der Waals surface area contributed by atoms with E-state index in [2.05, 4.69) is 80.4 Å². The Balaban J connectivity index is 2.01. The Labute approximate surface area is 240 Å². The molecule has 0 aliphatic heterocycles. The van der Waals surface area contributed by atoms with E-state index >= 15 is 0 Å². The minimum Gasteiger partial charge on any atom is -0.413 e. The van der Waals surface area contributed by atoms with Crippen LogP contribution < -0.4 is 10.6 Å². The molecule has 0 amide bonds. The van der Waals surface area contributed by atoms with Gasteiger partial charge in [0.15, 0.2) is 16.6 Å². The molecule has 1 aliphatic rings. The minimum absolute atomic E-state index is 0.0604. The van der Waals surface area contributed by atoms with Gasteiger partial charge in [-0.2, -0.15) is 0 Å². The zero-order valence-corrected chi connectivity index (χ0v) is 28.9. The molecule has 0 spiro atoms. The number of hydrogen-bond donors (Lipinski definition) is 0. The lowest BCUT2D eigenvalue weighted by atomic mass is 9.86. The Kier molecular flexibility index (Phi) is 9.67. The van der Waals surface area contributed by atoms with Crippen molar-refractivity contribution in [3.05, 3.63) is 84.5 Å². The second kappa shape index (κ2) is 11.8. The molecular weight excluding hydrogens is 532 g/mol. The fourth-order valence-corrected chi connectivity index (χ4v) is 9.71. The number of benzene rings is 2. The number of hydrogen-bond acceptors (Lipinski definition) is 3. The molecular formula is C33H51O3PSi2. The molecule has 1 unspecified atom stereocenters. The molecule has 3 nitrogen and oxygen atoms in total. The first-order chi connectivity index (χ1) is 17.9. The Morgan fingerprint density at radius 3 is 1.69 bits per heavy atom. The summed E-state index contributed by atoms with van der Waals surface area (Å²) >= 11 is 0. The van der Waals surface area contributed by atoms with Gasteiger partial charge in [-0.05, 0) is 53.8 Å². The van der Waals surface area contributed by atoms with Crippen molar-refractivity contribution in [3.63, 3.8) is 0 Å². The van der Waals surface area contributed by atoms with Crippen molar-refractivity contribution in [1.82, 2.24) is 0 Å². The first kappa shape index (κ1) is 32.0. The molecule has 6 heteroatoms. The van der Waals surface area contributed by atoms with Crippen molar-refractivity contribution in [3.8, 4) is 0 Å². The summed E-state index contributed by atoms with van der Waals surface area (Å²) < 4.78 is 28.7. The Morgan fingerprint density at radius 2 is 1.26 bits per heavy atom. The third-order valence-corrected chi connectivity index (χ3v) is 21.2. The predicted molar refractivity (Wildman–Crippen MR) is 175 cm³/mol. The van der Waals surface area contributed by atoms with Gasteiger partial charge in [-0.3, -0.25) is 0 Å². The maximum absolute atomic E-state index is 14.7. The SMILES string of the molecule is C=C1/C(=C\CP(=O)(c2ccccc2)c2ccccc2)CC(O[Si](C)(C)C(C)(C)C)C[C@@H]1O[Si](C)(C)C(C)(C)C. The van der Waals surface area contributed by atoms with Gasteiger partial charge in [0.25, 0.3) is 0 Å². The number of rotatable bonds is 8. The normalized spacial score (nSPS) is 20.9. The van der Waals surface area contributed by atoms with Gasteiger partial charge in [0.2, 0.25) is 0 Å². The second-order valence-electron chi connectivity index (χ2n) is 14.2. The summed E-state index contributed by atoms with van der Waals surface area (Å²) in [6.07, 6.45) is 4.22. The maximum Gasteiger partial charge on any atom is 0.192 e. The monoisotopic (exact) mass is 582 g/mol. The molecule has 39 heavy (non-hydrogen) atoms. The lowest BCUT2D eigenvalue weighted by molar-refractivity contribution is 0.0969. The highest BCUT2D eigenvalue weighted by Crippen LogP contribution is 2.47. The standard InChI is InChI=1S/C33H51O3PSi2/c1-26-27(22-23-37(34,29-18-14-12-15-19-29)30-20-16-13-17-21-30)24-28(35-38(8,9)32(2,3)4)25-31(26)36-39(10,11)33(5,6)7/h12-22,28,31H,1,23-25H2,2-11H3/b27-22-/t28?,31-/m0/s1. The summed E-state index contributed by atoms with van der Waals surface area (Å²) in [7, 11) is -6.90. The van der Waals surface area contributed by atoms with E-state index in [1.54, 1.807) is 0 Å². The van der Waals surface area contributed by atoms with Gasteiger partial charge in [0.1, 0.15) is 7.14 Å². The van der Waals surface area contributed by atoms with E-state index in [4.69, 9.17) is 8.85 Å². The third-order valence-electron chi connectivity index (χ3n) is 9.18. The zero-order chi connectivity index (χ0) is 29.3. The molecule has 214 valence electrons. The fraction of sp³-hybridized carbons (Fsp3) is 0.515. The first-order valence-corrected chi connectivity index (χ1v) is 22.0. The van der Waals surface area contributed by atoms with Gasteiger partial charge in [0.05, 0.1) is 12.2 Å². The molecule has 0 aromatic heterocycles. The van der Waals surface area contributed by atoms with Crippen molar-refractivity contribution < 1.29 is 13.4 Å². The molecule has 2 aromatic carbocycles. The van der Waals surface area contributed by atoms with Crippen molar-refractivity contribution in [2.45, 2.75) is 103 Å². The van der Waals surface area contributed by atoms with Crippen LogP contribution in [-0.2, 0) is 13.4 Å². The van der Waals surface area contributed by atoms with E-state index in [1.807, 2.05) is 60.7 Å². The number of allylic oxidation sites excluding steroid dienone is 1. The fourth-order valence-electron chi connectivity index (χ4n) is 4.53. The van der Waals surface area contributed by atoms with E-state index in [1.165, 1.54) is 0 Å². The van der Waals surface area contributed by atoms with E-state index in [0.717, 1.165) is 34.6 Å². The highest BCUT2D eigenvalue weighted by atomic mass is 31.2. The van der Waals surface area contributed by atoms with Gasteiger partial charge >= 0.3 is 0 Å². The van der Waals surface area contributed by atoms with Crippen LogP contribution in [0.2, 0.25) is 36.3 Å². The van der Waals surface area contributed by atoms with Crippen LogP contribution in [0.4, 0.5) is 0 Å². The van der Waals surface area contributed by atoms with Crippen LogP contribution in [0.1, 0.15) is 54.4 Å². The molecule has 2 aromatic rings. The second-order valence-corrected chi connectivity index (χ2v) is 26.5. The lowest BCUT2D eigenvalue weighted by Crippen LogP contribution is -2.49. The highest BCUT2D eigenvalue weighted by molar-refractivity contribution is 7.78. The zero-order valence-electron chi connectivity index (χ0n) is 26.0. The van der Waals surface area contributed by atoms with Crippen molar-refractivity contribution >= 4 is 34.4 Å². The minimum atomic E-state index is -2.87. The molecule has 0 saturated heterocycles. The summed E-state index contributed by atoms with van der Waals surface area (Å²) in [6.45, 7) is 27.5. The van der Waals surface area contributed by atoms with Crippen LogP contribution in [-0.4, -0.2) is 35.0 Å². The third kappa shape index (κ3) is 7.43. The molecule has 3 rings (SSSR count). The smallest absolute Gasteiger partial charge is 0.192 e. The van der Waals surface area contributed by atoms with Crippen LogP contribution in [0.3, 0.4) is 0 Å². The van der Waals surface area contributed by atoms with E-state index in [-0.39, 0.29) is 22.3 Å². The Bertz CT molecular complexity index is 1160. The molecule has 0 heterocycles. The quantitative estimate of drug-likeness (QED) is 0.230. The largest absolute Gasteiger partial charge is 0.413 e. The molecule has 0 N–H and O–H groups in total. The van der Waals surface area contributed by atoms with Crippen molar-refractivity contribution in [2.75, 3.05) is 6.16 Å². The van der Waals surface area contributed by atoms with Crippen LogP contribution in [0.15, 0.2) is 84.5 Å². The summed E-state index contributed by atoms with van der Waals surface area (Å²) in [5.41, 5.74) is 2.17.